The largest absolute Gasteiger partial charge is 0.229 e. The van der Waals surface area contributed by atoms with Crippen molar-refractivity contribution in [2.75, 3.05) is 0 Å². The normalized spacial score (nSPS) is 11.6. The van der Waals surface area contributed by atoms with Crippen molar-refractivity contribution >= 4 is 0 Å². The molecule has 0 N–H and O–H groups in total. The Labute approximate surface area is 108 Å². The van der Waals surface area contributed by atoms with Gasteiger partial charge in [0.05, 0.1) is 11.4 Å². The third-order valence-electron chi connectivity index (χ3n) is 2.99. The lowest BCUT2D eigenvalue weighted by Gasteiger charge is -2.19. The molecule has 3 heteroatoms. The van der Waals surface area contributed by atoms with Crippen LogP contribution >= 0.6 is 0 Å². The van der Waals surface area contributed by atoms with Crippen LogP contribution in [0.5, 0.6) is 0 Å². The lowest BCUT2D eigenvalue weighted by Crippen LogP contribution is -2.10. The summed E-state index contributed by atoms with van der Waals surface area (Å²) < 4.78 is 0. The second-order valence-corrected chi connectivity index (χ2v) is 5.62. The zero-order valence-corrected chi connectivity index (χ0v) is 11.7. The average molecular weight is 241 g/mol. The van der Waals surface area contributed by atoms with E-state index in [0.717, 1.165) is 17.0 Å². The van der Waals surface area contributed by atoms with Gasteiger partial charge < -0.3 is 0 Å². The summed E-state index contributed by atoms with van der Waals surface area (Å²) in [6.07, 6.45) is 0. The molecule has 0 spiro atoms. The number of rotatable bonds is 1. The molecule has 2 rings (SSSR count). The van der Waals surface area contributed by atoms with Gasteiger partial charge in [-0.25, -0.2) is 4.98 Å². The molecule has 0 aliphatic heterocycles. The highest BCUT2D eigenvalue weighted by molar-refractivity contribution is 5.61. The van der Waals surface area contributed by atoms with Crippen molar-refractivity contribution in [3.05, 3.63) is 41.3 Å². The minimum absolute atomic E-state index is 0.174. The maximum atomic E-state index is 4.46. The van der Waals surface area contributed by atoms with Gasteiger partial charge in [-0.2, -0.15) is 5.10 Å². The van der Waals surface area contributed by atoms with Gasteiger partial charge in [-0.1, -0.05) is 45.0 Å². The zero-order valence-electron chi connectivity index (χ0n) is 11.7. The van der Waals surface area contributed by atoms with E-state index >= 15 is 0 Å². The molecular formula is C15H19N3. The van der Waals surface area contributed by atoms with Crippen LogP contribution in [-0.2, 0) is 5.41 Å². The van der Waals surface area contributed by atoms with E-state index in [1.54, 1.807) is 0 Å². The molecule has 0 amide bonds. The molecule has 1 heterocycles. The number of hydrogen-bond donors (Lipinski definition) is 0. The predicted octanol–water partition coefficient (Wildman–Crippen LogP) is 3.45. The molecule has 94 valence electrons. The van der Waals surface area contributed by atoms with Crippen LogP contribution in [0, 0.1) is 13.8 Å². The van der Waals surface area contributed by atoms with Crippen molar-refractivity contribution in [2.24, 2.45) is 0 Å². The van der Waals surface area contributed by atoms with Crippen LogP contribution < -0.4 is 0 Å². The molecule has 0 atom stereocenters. The Morgan fingerprint density at radius 3 is 2.06 bits per heavy atom. The number of hydrogen-bond acceptors (Lipinski definition) is 3. The number of aryl methyl sites for hydroxylation is 2. The van der Waals surface area contributed by atoms with E-state index in [1.165, 1.54) is 5.56 Å². The second-order valence-electron chi connectivity index (χ2n) is 5.62. The highest BCUT2D eigenvalue weighted by Crippen LogP contribution is 2.26. The van der Waals surface area contributed by atoms with Crippen molar-refractivity contribution in [1.29, 1.82) is 0 Å². The topological polar surface area (TPSA) is 38.7 Å². The van der Waals surface area contributed by atoms with E-state index in [2.05, 4.69) is 60.2 Å². The first-order valence-electron chi connectivity index (χ1n) is 6.17. The first kappa shape index (κ1) is 12.7. The summed E-state index contributed by atoms with van der Waals surface area (Å²) in [6.45, 7) is 10.4. The Morgan fingerprint density at radius 1 is 0.889 bits per heavy atom. The standard InChI is InChI=1S/C15H19N3/c1-10-14(16-11(2)18-17-10)12-6-8-13(9-7-12)15(3,4)5/h6-9H,1-5H3. The van der Waals surface area contributed by atoms with Crippen molar-refractivity contribution < 1.29 is 0 Å². The number of benzene rings is 1. The van der Waals surface area contributed by atoms with E-state index in [4.69, 9.17) is 0 Å². The van der Waals surface area contributed by atoms with Gasteiger partial charge in [-0.3, -0.25) is 0 Å². The van der Waals surface area contributed by atoms with Gasteiger partial charge in [0.1, 0.15) is 5.82 Å². The fraction of sp³-hybridized carbons (Fsp3) is 0.400. The first-order chi connectivity index (χ1) is 8.38. The Hall–Kier alpha value is -1.77. The summed E-state index contributed by atoms with van der Waals surface area (Å²) in [5.41, 5.74) is 4.38. The maximum Gasteiger partial charge on any atom is 0.148 e. The summed E-state index contributed by atoms with van der Waals surface area (Å²) in [6, 6.07) is 8.53. The molecule has 1 aromatic carbocycles. The monoisotopic (exact) mass is 241 g/mol. The summed E-state index contributed by atoms with van der Waals surface area (Å²) in [4.78, 5) is 4.46. The molecule has 0 aliphatic rings. The Bertz CT molecular complexity index is 551. The van der Waals surface area contributed by atoms with Gasteiger partial charge in [0.25, 0.3) is 0 Å². The fourth-order valence-corrected chi connectivity index (χ4v) is 1.86. The number of aromatic nitrogens is 3. The van der Waals surface area contributed by atoms with Crippen molar-refractivity contribution in [2.45, 2.75) is 40.0 Å². The lowest BCUT2D eigenvalue weighted by atomic mass is 9.86. The highest BCUT2D eigenvalue weighted by Gasteiger charge is 2.14. The molecule has 0 aliphatic carbocycles. The second kappa shape index (κ2) is 4.48. The SMILES string of the molecule is Cc1nnc(C)c(-c2ccc(C(C)(C)C)cc2)n1. The van der Waals surface area contributed by atoms with Gasteiger partial charge in [0, 0.05) is 5.56 Å². The quantitative estimate of drug-likeness (QED) is 0.767. The molecule has 3 nitrogen and oxygen atoms in total. The third kappa shape index (κ3) is 2.55. The van der Waals surface area contributed by atoms with Crippen LogP contribution in [0.4, 0.5) is 0 Å². The van der Waals surface area contributed by atoms with Gasteiger partial charge in [0.2, 0.25) is 0 Å². The zero-order chi connectivity index (χ0) is 13.3. The molecular weight excluding hydrogens is 222 g/mol. The smallest absolute Gasteiger partial charge is 0.148 e. The van der Waals surface area contributed by atoms with E-state index in [-0.39, 0.29) is 5.41 Å². The van der Waals surface area contributed by atoms with Crippen LogP contribution in [0.3, 0.4) is 0 Å². The van der Waals surface area contributed by atoms with Crippen molar-refractivity contribution in [3.63, 3.8) is 0 Å². The van der Waals surface area contributed by atoms with Crippen LogP contribution in [0.25, 0.3) is 11.3 Å². The predicted molar refractivity (Wildman–Crippen MR) is 73.4 cm³/mol. The molecule has 18 heavy (non-hydrogen) atoms. The lowest BCUT2D eigenvalue weighted by molar-refractivity contribution is 0.590. The Morgan fingerprint density at radius 2 is 1.50 bits per heavy atom. The molecule has 1 aromatic heterocycles. The van der Waals surface area contributed by atoms with Gasteiger partial charge in [-0.05, 0) is 24.8 Å². The molecule has 0 unspecified atom stereocenters. The Balaban J connectivity index is 2.43. The van der Waals surface area contributed by atoms with Crippen LogP contribution in [0.1, 0.15) is 37.9 Å². The molecule has 0 saturated carbocycles. The van der Waals surface area contributed by atoms with Crippen LogP contribution in [0.2, 0.25) is 0 Å². The van der Waals surface area contributed by atoms with E-state index in [9.17, 15) is 0 Å². The summed E-state index contributed by atoms with van der Waals surface area (Å²) in [7, 11) is 0. The molecule has 0 fully saturated rings. The van der Waals surface area contributed by atoms with E-state index in [0.29, 0.717) is 5.82 Å². The summed E-state index contributed by atoms with van der Waals surface area (Å²) in [5.74, 6) is 0.704. The summed E-state index contributed by atoms with van der Waals surface area (Å²) >= 11 is 0. The fourth-order valence-electron chi connectivity index (χ4n) is 1.86. The highest BCUT2D eigenvalue weighted by atomic mass is 15.2. The average Bonchev–Trinajstić information content (AvgIpc) is 2.31. The minimum atomic E-state index is 0.174. The van der Waals surface area contributed by atoms with E-state index in [1.807, 2.05) is 13.8 Å². The summed E-state index contributed by atoms with van der Waals surface area (Å²) in [5, 5.41) is 8.07. The maximum absolute atomic E-state index is 4.46. The minimum Gasteiger partial charge on any atom is -0.229 e. The van der Waals surface area contributed by atoms with Crippen LogP contribution in [-0.4, -0.2) is 15.2 Å². The Kier molecular flexibility index (Phi) is 3.16. The molecule has 0 radical (unpaired) electrons. The third-order valence-corrected chi connectivity index (χ3v) is 2.99. The van der Waals surface area contributed by atoms with Crippen molar-refractivity contribution in [1.82, 2.24) is 15.2 Å². The van der Waals surface area contributed by atoms with Gasteiger partial charge in [0.15, 0.2) is 0 Å². The van der Waals surface area contributed by atoms with Crippen molar-refractivity contribution in [3.8, 4) is 11.3 Å². The van der Waals surface area contributed by atoms with Crippen LogP contribution in [0.15, 0.2) is 24.3 Å². The molecule has 0 bridgehead atoms. The number of nitrogens with zero attached hydrogens (tertiary/aromatic N) is 3. The van der Waals surface area contributed by atoms with E-state index < -0.39 is 0 Å². The van der Waals surface area contributed by atoms with Gasteiger partial charge in [-0.15, -0.1) is 5.10 Å². The first-order valence-corrected chi connectivity index (χ1v) is 6.17. The van der Waals surface area contributed by atoms with Gasteiger partial charge >= 0.3 is 0 Å². The molecule has 2 aromatic rings. The molecule has 0 saturated heterocycles.